The van der Waals surface area contributed by atoms with Gasteiger partial charge in [-0.2, -0.15) is 0 Å². The molecule has 1 aromatic rings. The topological polar surface area (TPSA) is 42.2 Å². The Morgan fingerprint density at radius 3 is 2.88 bits per heavy atom. The molecule has 1 aliphatic carbocycles. The van der Waals surface area contributed by atoms with Crippen LogP contribution in [0.1, 0.15) is 25.3 Å². The highest BCUT2D eigenvalue weighted by Crippen LogP contribution is 2.37. The molecule has 1 saturated carbocycles. The van der Waals surface area contributed by atoms with Gasteiger partial charge in [-0.05, 0) is 37.3 Å². The Labute approximate surface area is 102 Å². The maximum Gasteiger partial charge on any atom is 0.147 e. The number of halogens is 1. The van der Waals surface area contributed by atoms with E-state index in [1.165, 1.54) is 12.8 Å². The highest BCUT2D eigenvalue weighted by molar-refractivity contribution is 6.33. The molecule has 0 bridgehead atoms. The van der Waals surface area contributed by atoms with Crippen LogP contribution in [0.3, 0.4) is 0 Å². The van der Waals surface area contributed by atoms with E-state index in [0.717, 1.165) is 17.3 Å². The van der Waals surface area contributed by atoms with Crippen molar-refractivity contribution in [2.75, 3.05) is 11.9 Å². The molecule has 0 spiro atoms. The van der Waals surface area contributed by atoms with E-state index in [0.29, 0.717) is 17.6 Å². The van der Waals surface area contributed by atoms with Crippen LogP contribution in [0.2, 0.25) is 5.02 Å². The first-order valence-electron chi connectivity index (χ1n) is 5.71. The number of pyridine rings is 1. The van der Waals surface area contributed by atoms with Gasteiger partial charge in [0.15, 0.2) is 0 Å². The fourth-order valence-corrected chi connectivity index (χ4v) is 2.28. The molecule has 2 N–H and O–H groups in total. The van der Waals surface area contributed by atoms with Crippen LogP contribution in [0.25, 0.3) is 0 Å². The van der Waals surface area contributed by atoms with Gasteiger partial charge in [-0.3, -0.25) is 0 Å². The van der Waals surface area contributed by atoms with E-state index in [4.69, 9.17) is 17.3 Å². The Morgan fingerprint density at radius 1 is 1.62 bits per heavy atom. The van der Waals surface area contributed by atoms with Crippen molar-refractivity contribution >= 4 is 17.4 Å². The molecule has 3 nitrogen and oxygen atoms in total. The summed E-state index contributed by atoms with van der Waals surface area (Å²) in [4.78, 5) is 6.52. The summed E-state index contributed by atoms with van der Waals surface area (Å²) in [5.74, 6) is 1.65. The van der Waals surface area contributed by atoms with Crippen LogP contribution < -0.4 is 10.6 Å². The van der Waals surface area contributed by atoms with Crippen molar-refractivity contribution in [1.82, 2.24) is 4.98 Å². The van der Waals surface area contributed by atoms with Crippen molar-refractivity contribution < 1.29 is 0 Å². The molecule has 0 saturated heterocycles. The van der Waals surface area contributed by atoms with E-state index in [9.17, 15) is 0 Å². The number of anilines is 1. The van der Waals surface area contributed by atoms with Crippen LogP contribution in [0, 0.1) is 5.92 Å². The van der Waals surface area contributed by atoms with E-state index < -0.39 is 0 Å². The normalized spacial score (nSPS) is 17.2. The number of hydrogen-bond donors (Lipinski definition) is 1. The number of nitrogens with two attached hydrogens (primary N) is 1. The molecule has 1 fully saturated rings. The molecule has 0 aromatic carbocycles. The predicted octanol–water partition coefficient (Wildman–Crippen LogP) is 2.43. The van der Waals surface area contributed by atoms with Gasteiger partial charge in [0, 0.05) is 25.8 Å². The number of hydrogen-bond acceptors (Lipinski definition) is 3. The largest absolute Gasteiger partial charge is 0.355 e. The third kappa shape index (κ3) is 2.15. The second-order valence-electron chi connectivity index (χ2n) is 4.50. The van der Waals surface area contributed by atoms with Crippen molar-refractivity contribution in [2.45, 2.75) is 32.4 Å². The molecule has 1 heterocycles. The highest BCUT2D eigenvalue weighted by Gasteiger charge is 2.31. The lowest BCUT2D eigenvalue weighted by molar-refractivity contribution is 0.604. The SMILES string of the molecule is CC(C1CC1)N(C)c1nccc(CN)c1Cl. The monoisotopic (exact) mass is 239 g/mol. The maximum atomic E-state index is 6.29. The van der Waals surface area contributed by atoms with E-state index in [1.807, 2.05) is 6.07 Å². The summed E-state index contributed by atoms with van der Waals surface area (Å²) >= 11 is 6.29. The van der Waals surface area contributed by atoms with Crippen LogP contribution >= 0.6 is 11.6 Å². The van der Waals surface area contributed by atoms with Crippen molar-refractivity contribution in [3.8, 4) is 0 Å². The smallest absolute Gasteiger partial charge is 0.147 e. The molecule has 0 amide bonds. The number of aromatic nitrogens is 1. The summed E-state index contributed by atoms with van der Waals surface area (Å²) in [5, 5.41) is 0.694. The molecule has 16 heavy (non-hydrogen) atoms. The van der Waals surface area contributed by atoms with Gasteiger partial charge < -0.3 is 10.6 Å². The molecule has 0 radical (unpaired) electrons. The van der Waals surface area contributed by atoms with E-state index in [1.54, 1.807) is 6.20 Å². The summed E-state index contributed by atoms with van der Waals surface area (Å²) in [5.41, 5.74) is 6.60. The predicted molar refractivity (Wildman–Crippen MR) is 67.7 cm³/mol. The van der Waals surface area contributed by atoms with Crippen LogP contribution in [-0.4, -0.2) is 18.1 Å². The minimum Gasteiger partial charge on any atom is -0.355 e. The average Bonchev–Trinajstić information content (AvgIpc) is 3.11. The molecule has 1 aromatic heterocycles. The van der Waals surface area contributed by atoms with Crippen LogP contribution in [0.5, 0.6) is 0 Å². The van der Waals surface area contributed by atoms with Crippen molar-refractivity contribution in [3.05, 3.63) is 22.8 Å². The van der Waals surface area contributed by atoms with Crippen LogP contribution in [0.4, 0.5) is 5.82 Å². The summed E-state index contributed by atoms with van der Waals surface area (Å²) in [6, 6.07) is 2.37. The van der Waals surface area contributed by atoms with Gasteiger partial charge in [0.1, 0.15) is 5.82 Å². The van der Waals surface area contributed by atoms with Gasteiger partial charge in [0.2, 0.25) is 0 Å². The lowest BCUT2D eigenvalue weighted by atomic mass is 10.2. The first-order chi connectivity index (χ1) is 7.65. The molecule has 0 aliphatic heterocycles. The second kappa shape index (κ2) is 4.60. The van der Waals surface area contributed by atoms with Gasteiger partial charge >= 0.3 is 0 Å². The minimum atomic E-state index is 0.458. The van der Waals surface area contributed by atoms with E-state index in [2.05, 4.69) is 23.9 Å². The summed E-state index contributed by atoms with van der Waals surface area (Å²) in [6.45, 7) is 2.69. The summed E-state index contributed by atoms with van der Waals surface area (Å²) in [7, 11) is 2.05. The first kappa shape index (κ1) is 11.7. The zero-order valence-corrected chi connectivity index (χ0v) is 10.5. The lowest BCUT2D eigenvalue weighted by Crippen LogP contribution is -2.31. The lowest BCUT2D eigenvalue weighted by Gasteiger charge is -2.27. The van der Waals surface area contributed by atoms with Crippen LogP contribution in [0.15, 0.2) is 12.3 Å². The second-order valence-corrected chi connectivity index (χ2v) is 4.88. The fraction of sp³-hybridized carbons (Fsp3) is 0.583. The highest BCUT2D eigenvalue weighted by atomic mass is 35.5. The Kier molecular flexibility index (Phi) is 3.36. The zero-order valence-electron chi connectivity index (χ0n) is 9.78. The molecular formula is C12H18ClN3. The summed E-state index contributed by atoms with van der Waals surface area (Å²) < 4.78 is 0. The minimum absolute atomic E-state index is 0.458. The Bertz CT molecular complexity index is 377. The van der Waals surface area contributed by atoms with Gasteiger partial charge in [-0.1, -0.05) is 11.6 Å². The van der Waals surface area contributed by atoms with Gasteiger partial charge in [0.25, 0.3) is 0 Å². The van der Waals surface area contributed by atoms with E-state index in [-0.39, 0.29) is 0 Å². The Balaban J connectivity index is 2.24. The van der Waals surface area contributed by atoms with Crippen LogP contribution in [-0.2, 0) is 6.54 Å². The number of nitrogens with zero attached hydrogens (tertiary/aromatic N) is 2. The fourth-order valence-electron chi connectivity index (χ4n) is 1.96. The summed E-state index contributed by atoms with van der Waals surface area (Å²) in [6.07, 6.45) is 4.42. The Morgan fingerprint density at radius 2 is 2.31 bits per heavy atom. The molecule has 2 rings (SSSR count). The van der Waals surface area contributed by atoms with E-state index >= 15 is 0 Å². The van der Waals surface area contributed by atoms with Gasteiger partial charge in [-0.15, -0.1) is 0 Å². The van der Waals surface area contributed by atoms with Gasteiger partial charge in [-0.25, -0.2) is 4.98 Å². The third-order valence-corrected chi connectivity index (χ3v) is 3.83. The third-order valence-electron chi connectivity index (χ3n) is 3.42. The average molecular weight is 240 g/mol. The molecular weight excluding hydrogens is 222 g/mol. The molecule has 1 atom stereocenters. The molecule has 88 valence electrons. The van der Waals surface area contributed by atoms with Gasteiger partial charge in [0.05, 0.1) is 5.02 Å². The van der Waals surface area contributed by atoms with Crippen molar-refractivity contribution in [3.63, 3.8) is 0 Å². The zero-order chi connectivity index (χ0) is 11.7. The first-order valence-corrected chi connectivity index (χ1v) is 6.09. The maximum absolute atomic E-state index is 6.29. The van der Waals surface area contributed by atoms with Crippen molar-refractivity contribution in [2.24, 2.45) is 11.7 Å². The quantitative estimate of drug-likeness (QED) is 0.878. The molecule has 1 unspecified atom stereocenters. The number of rotatable bonds is 4. The Hall–Kier alpha value is -0.800. The molecule has 4 heteroatoms. The van der Waals surface area contributed by atoms with Crippen molar-refractivity contribution in [1.29, 1.82) is 0 Å². The molecule has 1 aliphatic rings. The standard InChI is InChI=1S/C12H18ClN3/c1-8(9-3-4-9)16(2)12-11(13)10(7-14)5-6-15-12/h5-6,8-9H,3-4,7,14H2,1-2H3.